The van der Waals surface area contributed by atoms with Gasteiger partial charge in [-0.05, 0) is 43.2 Å². The molecular weight excluding hydrogens is 408 g/mol. The minimum atomic E-state index is -3.74. The Balaban J connectivity index is 1.69. The zero-order chi connectivity index (χ0) is 20.4. The largest absolute Gasteiger partial charge is 0.468 e. The van der Waals surface area contributed by atoms with Crippen molar-refractivity contribution < 1.29 is 17.6 Å². The molecule has 1 atom stereocenters. The van der Waals surface area contributed by atoms with Gasteiger partial charge in [0.15, 0.2) is 0 Å². The van der Waals surface area contributed by atoms with E-state index in [1.54, 1.807) is 52.7 Å². The quantitative estimate of drug-likeness (QED) is 0.742. The predicted molar refractivity (Wildman–Crippen MR) is 113 cm³/mol. The van der Waals surface area contributed by atoms with Crippen LogP contribution in [0.5, 0.6) is 0 Å². The highest BCUT2D eigenvalue weighted by Crippen LogP contribution is 2.37. The van der Waals surface area contributed by atoms with Crippen LogP contribution in [-0.4, -0.2) is 29.9 Å². The van der Waals surface area contributed by atoms with E-state index in [9.17, 15) is 13.2 Å². The summed E-state index contributed by atoms with van der Waals surface area (Å²) >= 11 is 1.59. The van der Waals surface area contributed by atoms with Gasteiger partial charge >= 0.3 is 0 Å². The Morgan fingerprint density at radius 1 is 1.21 bits per heavy atom. The highest BCUT2D eigenvalue weighted by molar-refractivity contribution is 8.00. The van der Waals surface area contributed by atoms with E-state index in [4.69, 9.17) is 4.42 Å². The lowest BCUT2D eigenvalue weighted by Crippen LogP contribution is -2.40. The fourth-order valence-corrected chi connectivity index (χ4v) is 6.79. The molecule has 0 radical (unpaired) electrons. The third-order valence-corrected chi connectivity index (χ3v) is 8.58. The molecule has 4 rings (SSSR count). The zero-order valence-electron chi connectivity index (χ0n) is 16.5. The van der Waals surface area contributed by atoms with Crippen LogP contribution < -0.4 is 5.32 Å². The minimum absolute atomic E-state index is 0.0401. The molecule has 1 saturated carbocycles. The van der Waals surface area contributed by atoms with Gasteiger partial charge in [-0.15, -0.1) is 11.8 Å². The molecule has 0 saturated heterocycles. The van der Waals surface area contributed by atoms with E-state index >= 15 is 0 Å². The van der Waals surface area contributed by atoms with Crippen molar-refractivity contribution >= 4 is 33.4 Å². The molecule has 2 heterocycles. The molecule has 6 nitrogen and oxygen atoms in total. The summed E-state index contributed by atoms with van der Waals surface area (Å²) in [4.78, 5) is 13.2. The van der Waals surface area contributed by atoms with Gasteiger partial charge in [0, 0.05) is 22.6 Å². The third-order valence-electron chi connectivity index (χ3n) is 5.51. The van der Waals surface area contributed by atoms with Crippen molar-refractivity contribution in [1.29, 1.82) is 0 Å². The first kappa shape index (κ1) is 20.5. The number of hydrogen-bond acceptors (Lipinski definition) is 5. The predicted octanol–water partition coefficient (Wildman–Crippen LogP) is 4.63. The molecule has 2 aliphatic rings. The van der Waals surface area contributed by atoms with Crippen molar-refractivity contribution in [3.8, 4) is 0 Å². The lowest BCUT2D eigenvalue weighted by Gasteiger charge is -2.33. The molecule has 1 aliphatic carbocycles. The molecule has 1 unspecified atom stereocenters. The maximum absolute atomic E-state index is 13.6. The Hall–Kier alpha value is -1.77. The number of nitrogens with zero attached hydrogens (tertiary/aromatic N) is 1. The Morgan fingerprint density at radius 3 is 2.72 bits per heavy atom. The Bertz CT molecular complexity index is 967. The second-order valence-corrected chi connectivity index (χ2v) is 11.1. The maximum Gasteiger partial charge on any atom is 0.243 e. The molecular formula is C21H26N2O4S2. The first-order valence-corrected chi connectivity index (χ1v) is 12.4. The maximum atomic E-state index is 13.6. The standard InChI is InChI=1S/C21H26N2O4S2/c1-15-12-21(24)22-19-13-18(9-10-20(19)28-15)29(25,26)23(14-17-8-5-11-27-17)16-6-3-2-4-7-16/h5,8-11,13,15-16H,2-4,6-7,12,14H2,1H3,(H,22,24). The van der Waals surface area contributed by atoms with Crippen molar-refractivity contribution in [2.24, 2.45) is 0 Å². The summed E-state index contributed by atoms with van der Waals surface area (Å²) < 4.78 is 34.3. The molecule has 1 N–H and O–H groups in total. The van der Waals surface area contributed by atoms with Crippen LogP contribution in [-0.2, 0) is 21.4 Å². The number of rotatable bonds is 5. The van der Waals surface area contributed by atoms with Gasteiger partial charge in [0.2, 0.25) is 15.9 Å². The minimum Gasteiger partial charge on any atom is -0.468 e. The molecule has 8 heteroatoms. The molecule has 2 aromatic rings. The van der Waals surface area contributed by atoms with E-state index in [2.05, 4.69) is 5.32 Å². The van der Waals surface area contributed by atoms with Gasteiger partial charge in [0.1, 0.15) is 5.76 Å². The van der Waals surface area contributed by atoms with Crippen LogP contribution >= 0.6 is 11.8 Å². The number of benzene rings is 1. The second kappa shape index (κ2) is 8.53. The van der Waals surface area contributed by atoms with Gasteiger partial charge in [-0.2, -0.15) is 4.31 Å². The van der Waals surface area contributed by atoms with Crippen molar-refractivity contribution in [2.45, 2.75) is 73.1 Å². The molecule has 1 fully saturated rings. The third kappa shape index (κ3) is 4.54. The lowest BCUT2D eigenvalue weighted by molar-refractivity contribution is -0.116. The molecule has 0 spiro atoms. The van der Waals surface area contributed by atoms with E-state index < -0.39 is 10.0 Å². The summed E-state index contributed by atoms with van der Waals surface area (Å²) in [6, 6.07) is 8.61. The molecule has 1 aromatic heterocycles. The number of thioether (sulfide) groups is 1. The van der Waals surface area contributed by atoms with Gasteiger partial charge < -0.3 is 9.73 Å². The topological polar surface area (TPSA) is 79.6 Å². The fourth-order valence-electron chi connectivity index (χ4n) is 4.06. The Labute approximate surface area is 176 Å². The van der Waals surface area contributed by atoms with E-state index in [0.29, 0.717) is 17.9 Å². The number of fused-ring (bicyclic) bond motifs is 1. The number of sulfonamides is 1. The Morgan fingerprint density at radius 2 is 2.00 bits per heavy atom. The average molecular weight is 435 g/mol. The molecule has 29 heavy (non-hydrogen) atoms. The molecule has 1 aromatic carbocycles. The van der Waals surface area contributed by atoms with E-state index in [1.165, 1.54) is 0 Å². The van der Waals surface area contributed by atoms with Crippen molar-refractivity contribution in [3.63, 3.8) is 0 Å². The van der Waals surface area contributed by atoms with Crippen LogP contribution in [0, 0.1) is 0 Å². The number of carbonyl (C=O) groups is 1. The summed E-state index contributed by atoms with van der Waals surface area (Å²) in [6.07, 6.45) is 6.90. The van der Waals surface area contributed by atoms with Crippen LogP contribution in [0.1, 0.15) is 51.2 Å². The number of hydrogen-bond donors (Lipinski definition) is 1. The average Bonchev–Trinajstić information content (AvgIpc) is 3.16. The SMILES string of the molecule is CC1CC(=O)Nc2cc(S(=O)(=O)N(Cc3ccco3)C3CCCCC3)ccc2S1. The fraction of sp³-hybridized carbons (Fsp3) is 0.476. The smallest absolute Gasteiger partial charge is 0.243 e. The number of furan rings is 1. The monoisotopic (exact) mass is 434 g/mol. The lowest BCUT2D eigenvalue weighted by atomic mass is 9.95. The second-order valence-electron chi connectivity index (χ2n) is 7.76. The highest BCUT2D eigenvalue weighted by Gasteiger charge is 2.34. The van der Waals surface area contributed by atoms with E-state index in [0.717, 1.165) is 37.0 Å². The first-order chi connectivity index (χ1) is 13.9. The van der Waals surface area contributed by atoms with Gasteiger partial charge in [-0.1, -0.05) is 26.2 Å². The van der Waals surface area contributed by atoms with Crippen molar-refractivity contribution in [1.82, 2.24) is 4.31 Å². The van der Waals surface area contributed by atoms with Crippen molar-refractivity contribution in [3.05, 3.63) is 42.4 Å². The van der Waals surface area contributed by atoms with Gasteiger partial charge in [-0.3, -0.25) is 4.79 Å². The number of amides is 1. The normalized spacial score (nSPS) is 20.9. The van der Waals surface area contributed by atoms with E-state index in [1.807, 2.05) is 6.92 Å². The first-order valence-electron chi connectivity index (χ1n) is 10.1. The van der Waals surface area contributed by atoms with Crippen molar-refractivity contribution in [2.75, 3.05) is 5.32 Å². The van der Waals surface area contributed by atoms with Crippen LogP contribution in [0.15, 0.2) is 50.8 Å². The molecule has 156 valence electrons. The van der Waals surface area contributed by atoms with Crippen LogP contribution in [0.4, 0.5) is 5.69 Å². The van der Waals surface area contributed by atoms with Crippen LogP contribution in [0.25, 0.3) is 0 Å². The van der Waals surface area contributed by atoms with E-state index in [-0.39, 0.29) is 28.6 Å². The van der Waals surface area contributed by atoms with Gasteiger partial charge in [0.05, 0.1) is 23.4 Å². The summed E-state index contributed by atoms with van der Waals surface area (Å²) in [6.45, 7) is 2.22. The number of anilines is 1. The summed E-state index contributed by atoms with van der Waals surface area (Å²) in [5.74, 6) is 0.546. The number of carbonyl (C=O) groups excluding carboxylic acids is 1. The molecule has 1 aliphatic heterocycles. The summed E-state index contributed by atoms with van der Waals surface area (Å²) in [7, 11) is -3.74. The molecule has 1 amide bonds. The summed E-state index contributed by atoms with van der Waals surface area (Å²) in [5.41, 5.74) is 0.576. The van der Waals surface area contributed by atoms with Crippen LogP contribution in [0.3, 0.4) is 0 Å². The van der Waals surface area contributed by atoms with Gasteiger partial charge in [-0.25, -0.2) is 8.42 Å². The summed E-state index contributed by atoms with van der Waals surface area (Å²) in [5, 5.41) is 3.02. The molecule has 0 bridgehead atoms. The zero-order valence-corrected chi connectivity index (χ0v) is 18.1. The highest BCUT2D eigenvalue weighted by atomic mass is 32.2. The van der Waals surface area contributed by atoms with Gasteiger partial charge in [0.25, 0.3) is 0 Å². The number of nitrogens with one attached hydrogen (secondary N) is 1. The Kier molecular flexibility index (Phi) is 6.03. The van der Waals surface area contributed by atoms with Crippen LogP contribution in [0.2, 0.25) is 0 Å².